The minimum atomic E-state index is -0.472. The molecule has 0 heterocycles. The number of rotatable bonds is 5. The molecular weight excluding hydrogens is 285 g/mol. The predicted molar refractivity (Wildman–Crippen MR) is 72.2 cm³/mol. The van der Waals surface area contributed by atoms with Gasteiger partial charge in [-0.15, -0.1) is 0 Å². The van der Waals surface area contributed by atoms with E-state index in [1.165, 1.54) is 5.56 Å². The van der Waals surface area contributed by atoms with Gasteiger partial charge in [-0.25, -0.2) is 4.39 Å². The van der Waals surface area contributed by atoms with Crippen LogP contribution in [0, 0.1) is 0 Å². The second-order valence-corrected chi connectivity index (χ2v) is 5.76. The molecule has 0 atom stereocenters. The van der Waals surface area contributed by atoms with Crippen LogP contribution in [0.1, 0.15) is 26.3 Å². The molecule has 0 aliphatic rings. The highest BCUT2D eigenvalue weighted by Crippen LogP contribution is 2.26. The Morgan fingerprint density at radius 2 is 2.06 bits per heavy atom. The second kappa shape index (κ2) is 6.36. The van der Waals surface area contributed by atoms with Crippen LogP contribution in [0.15, 0.2) is 22.7 Å². The fourth-order valence-corrected chi connectivity index (χ4v) is 1.83. The molecule has 0 aromatic heterocycles. The fraction of sp³-hybridized carbons (Fsp3) is 0.538. The van der Waals surface area contributed by atoms with Crippen molar-refractivity contribution in [2.75, 3.05) is 13.3 Å². The maximum absolute atomic E-state index is 12.0. The molecule has 0 saturated carbocycles. The quantitative estimate of drug-likeness (QED) is 0.896. The highest BCUT2D eigenvalue weighted by atomic mass is 79.9. The number of hydrogen-bond acceptors (Lipinski definition) is 2. The van der Waals surface area contributed by atoms with E-state index in [0.29, 0.717) is 5.75 Å². The van der Waals surface area contributed by atoms with E-state index in [1.807, 2.05) is 18.2 Å². The summed E-state index contributed by atoms with van der Waals surface area (Å²) in [6.07, 6.45) is 0. The van der Waals surface area contributed by atoms with Crippen LogP contribution in [0.2, 0.25) is 0 Å². The van der Waals surface area contributed by atoms with Crippen molar-refractivity contribution in [3.63, 3.8) is 0 Å². The lowest BCUT2D eigenvalue weighted by molar-refractivity contribution is 0.272. The third-order valence-corrected chi connectivity index (χ3v) is 2.77. The van der Waals surface area contributed by atoms with Crippen LogP contribution in [0.25, 0.3) is 0 Å². The first-order valence-electron chi connectivity index (χ1n) is 5.64. The maximum atomic E-state index is 12.0. The second-order valence-electron chi connectivity index (χ2n) is 4.91. The van der Waals surface area contributed by atoms with Crippen molar-refractivity contribution < 1.29 is 9.13 Å². The Morgan fingerprint density at radius 3 is 2.59 bits per heavy atom. The molecule has 0 fully saturated rings. The number of benzene rings is 1. The summed E-state index contributed by atoms with van der Waals surface area (Å²) in [5.41, 5.74) is 1.26. The Labute approximate surface area is 111 Å². The molecule has 0 amide bonds. The first-order valence-corrected chi connectivity index (χ1v) is 6.44. The van der Waals surface area contributed by atoms with E-state index in [9.17, 15) is 4.39 Å². The Morgan fingerprint density at radius 1 is 1.35 bits per heavy atom. The van der Waals surface area contributed by atoms with Gasteiger partial charge < -0.3 is 10.1 Å². The zero-order chi connectivity index (χ0) is 12.9. The predicted octanol–water partition coefficient (Wildman–Crippen LogP) is 3.69. The summed E-state index contributed by atoms with van der Waals surface area (Å²) in [6.45, 7) is 6.80. The van der Waals surface area contributed by atoms with Gasteiger partial charge in [0.15, 0.2) is 0 Å². The molecule has 0 unspecified atom stereocenters. The summed E-state index contributed by atoms with van der Waals surface area (Å²) in [6, 6.07) is 5.84. The molecule has 4 heteroatoms. The fourth-order valence-electron chi connectivity index (χ4n) is 1.29. The first kappa shape index (κ1) is 14.5. The molecule has 0 saturated heterocycles. The van der Waals surface area contributed by atoms with Crippen molar-refractivity contribution in [2.45, 2.75) is 32.9 Å². The van der Waals surface area contributed by atoms with Crippen LogP contribution in [-0.4, -0.2) is 18.8 Å². The van der Waals surface area contributed by atoms with E-state index in [1.54, 1.807) is 0 Å². The number of ether oxygens (including phenoxy) is 1. The lowest BCUT2D eigenvalue weighted by Crippen LogP contribution is -2.35. The standard InChI is InChI=1S/C13H19BrFNO/c1-13(2,3)16-9-10-4-5-12(11(14)8-10)17-7-6-15/h4-5,8,16H,6-7,9H2,1-3H3. The van der Waals surface area contributed by atoms with Gasteiger partial charge in [0.25, 0.3) is 0 Å². The maximum Gasteiger partial charge on any atom is 0.133 e. The molecule has 0 aliphatic heterocycles. The number of nitrogens with one attached hydrogen (secondary N) is 1. The molecular formula is C13H19BrFNO. The number of hydrogen-bond donors (Lipinski definition) is 1. The summed E-state index contributed by atoms with van der Waals surface area (Å²) < 4.78 is 18.1. The van der Waals surface area contributed by atoms with Gasteiger partial charge in [0.1, 0.15) is 19.0 Å². The van der Waals surface area contributed by atoms with Gasteiger partial charge in [-0.2, -0.15) is 0 Å². The molecule has 0 radical (unpaired) electrons. The molecule has 0 bridgehead atoms. The smallest absolute Gasteiger partial charge is 0.133 e. The first-order chi connectivity index (χ1) is 7.92. The van der Waals surface area contributed by atoms with Gasteiger partial charge in [0.2, 0.25) is 0 Å². The molecule has 0 spiro atoms. The van der Waals surface area contributed by atoms with Gasteiger partial charge in [0.05, 0.1) is 4.47 Å². The van der Waals surface area contributed by atoms with Crippen molar-refractivity contribution in [2.24, 2.45) is 0 Å². The van der Waals surface area contributed by atoms with Gasteiger partial charge in [-0.1, -0.05) is 6.07 Å². The van der Waals surface area contributed by atoms with E-state index in [-0.39, 0.29) is 12.1 Å². The van der Waals surface area contributed by atoms with E-state index in [0.717, 1.165) is 11.0 Å². The summed E-state index contributed by atoms with van der Waals surface area (Å²) in [5, 5.41) is 3.41. The summed E-state index contributed by atoms with van der Waals surface area (Å²) >= 11 is 3.42. The van der Waals surface area contributed by atoms with Crippen molar-refractivity contribution >= 4 is 15.9 Å². The molecule has 96 valence electrons. The zero-order valence-corrected chi connectivity index (χ0v) is 12.1. The number of alkyl halides is 1. The molecule has 1 aromatic rings. The van der Waals surface area contributed by atoms with Crippen LogP contribution in [0.3, 0.4) is 0 Å². The van der Waals surface area contributed by atoms with Crippen LogP contribution in [0.4, 0.5) is 4.39 Å². The van der Waals surface area contributed by atoms with Gasteiger partial charge >= 0.3 is 0 Å². The topological polar surface area (TPSA) is 21.3 Å². The van der Waals surface area contributed by atoms with E-state index in [4.69, 9.17) is 4.74 Å². The van der Waals surface area contributed by atoms with Crippen molar-refractivity contribution in [1.29, 1.82) is 0 Å². The van der Waals surface area contributed by atoms with Crippen molar-refractivity contribution in [3.05, 3.63) is 28.2 Å². The molecule has 17 heavy (non-hydrogen) atoms. The van der Waals surface area contributed by atoms with E-state index < -0.39 is 6.67 Å². The minimum Gasteiger partial charge on any atom is -0.490 e. The average Bonchev–Trinajstić information content (AvgIpc) is 2.24. The van der Waals surface area contributed by atoms with Crippen LogP contribution < -0.4 is 10.1 Å². The van der Waals surface area contributed by atoms with Crippen molar-refractivity contribution in [1.82, 2.24) is 5.32 Å². The summed E-state index contributed by atoms with van der Waals surface area (Å²) in [5.74, 6) is 0.683. The molecule has 2 nitrogen and oxygen atoms in total. The Hall–Kier alpha value is -0.610. The highest BCUT2D eigenvalue weighted by molar-refractivity contribution is 9.10. The number of halogens is 2. The normalized spacial score (nSPS) is 11.6. The Bertz CT molecular complexity index is 363. The lowest BCUT2D eigenvalue weighted by Gasteiger charge is -2.20. The summed E-state index contributed by atoms with van der Waals surface area (Å²) in [7, 11) is 0. The van der Waals surface area contributed by atoms with Gasteiger partial charge in [0, 0.05) is 12.1 Å². The zero-order valence-electron chi connectivity index (χ0n) is 10.5. The van der Waals surface area contributed by atoms with Crippen LogP contribution in [-0.2, 0) is 6.54 Å². The Kier molecular flexibility index (Phi) is 5.40. The third-order valence-electron chi connectivity index (χ3n) is 2.15. The van der Waals surface area contributed by atoms with Crippen LogP contribution >= 0.6 is 15.9 Å². The average molecular weight is 304 g/mol. The molecule has 1 rings (SSSR count). The highest BCUT2D eigenvalue weighted by Gasteiger charge is 2.09. The van der Waals surface area contributed by atoms with Crippen molar-refractivity contribution in [3.8, 4) is 5.75 Å². The molecule has 0 aliphatic carbocycles. The van der Waals surface area contributed by atoms with E-state index >= 15 is 0 Å². The van der Waals surface area contributed by atoms with Gasteiger partial charge in [-0.3, -0.25) is 0 Å². The largest absolute Gasteiger partial charge is 0.490 e. The monoisotopic (exact) mass is 303 g/mol. The Balaban J connectivity index is 2.62. The lowest BCUT2D eigenvalue weighted by atomic mass is 10.1. The minimum absolute atomic E-state index is 0.0931. The van der Waals surface area contributed by atoms with Crippen LogP contribution in [0.5, 0.6) is 5.75 Å². The summed E-state index contributed by atoms with van der Waals surface area (Å²) in [4.78, 5) is 0. The van der Waals surface area contributed by atoms with E-state index in [2.05, 4.69) is 42.0 Å². The molecule has 1 N–H and O–H groups in total. The third kappa shape index (κ3) is 5.50. The van der Waals surface area contributed by atoms with Gasteiger partial charge in [-0.05, 0) is 54.4 Å². The molecule has 1 aromatic carbocycles. The SMILES string of the molecule is CC(C)(C)NCc1ccc(OCCF)c(Br)c1.